The number of nitrogens with zero attached hydrogens (tertiary/aromatic N) is 3. The van der Waals surface area contributed by atoms with E-state index in [0.717, 1.165) is 12.8 Å². The van der Waals surface area contributed by atoms with E-state index in [4.69, 9.17) is 4.74 Å². The average Bonchev–Trinajstić information content (AvgIpc) is 2.83. The fourth-order valence-electron chi connectivity index (χ4n) is 2.27. The lowest BCUT2D eigenvalue weighted by molar-refractivity contribution is -0.147. The second kappa shape index (κ2) is 5.20. The fraction of sp³-hybridized carbons (Fsp3) is 0.583. The Kier molecular flexibility index (Phi) is 3.64. The molecule has 0 spiro atoms. The van der Waals surface area contributed by atoms with Gasteiger partial charge in [-0.2, -0.15) is 0 Å². The highest BCUT2D eigenvalue weighted by molar-refractivity contribution is 5.95. The van der Waals surface area contributed by atoms with E-state index in [1.807, 2.05) is 0 Å². The third kappa shape index (κ3) is 2.23. The maximum absolute atomic E-state index is 12.4. The van der Waals surface area contributed by atoms with Crippen LogP contribution in [0.4, 0.5) is 0 Å². The van der Waals surface area contributed by atoms with E-state index in [9.17, 15) is 9.59 Å². The van der Waals surface area contributed by atoms with E-state index in [0.29, 0.717) is 18.7 Å². The van der Waals surface area contributed by atoms with Crippen molar-refractivity contribution in [3.8, 4) is 0 Å². The number of piperidine rings is 1. The van der Waals surface area contributed by atoms with Gasteiger partial charge < -0.3 is 14.2 Å². The summed E-state index contributed by atoms with van der Waals surface area (Å²) in [4.78, 5) is 29.6. The van der Waals surface area contributed by atoms with Gasteiger partial charge in [0.2, 0.25) is 0 Å². The Bertz CT molecular complexity index is 455. The van der Waals surface area contributed by atoms with E-state index in [-0.39, 0.29) is 11.9 Å². The number of imidazole rings is 1. The topological polar surface area (TPSA) is 64.4 Å². The summed E-state index contributed by atoms with van der Waals surface area (Å²) in [5.41, 5.74) is 0.491. The molecule has 0 aliphatic carbocycles. The molecule has 1 saturated heterocycles. The molecule has 1 fully saturated rings. The van der Waals surface area contributed by atoms with Crippen molar-refractivity contribution >= 4 is 11.9 Å². The van der Waals surface area contributed by atoms with Crippen molar-refractivity contribution in [3.63, 3.8) is 0 Å². The molecule has 2 rings (SSSR count). The maximum atomic E-state index is 12.4. The lowest BCUT2D eigenvalue weighted by Crippen LogP contribution is -2.48. The van der Waals surface area contributed by atoms with Crippen molar-refractivity contribution in [1.29, 1.82) is 0 Å². The van der Waals surface area contributed by atoms with E-state index in [2.05, 4.69) is 4.98 Å². The summed E-state index contributed by atoms with van der Waals surface area (Å²) in [5.74, 6) is -0.504. The van der Waals surface area contributed by atoms with Crippen molar-refractivity contribution in [3.05, 3.63) is 18.2 Å². The zero-order valence-corrected chi connectivity index (χ0v) is 10.6. The lowest BCUT2D eigenvalue weighted by atomic mass is 10.0. The third-order valence-corrected chi connectivity index (χ3v) is 3.27. The summed E-state index contributed by atoms with van der Waals surface area (Å²) in [6.45, 7) is 0.587. The van der Waals surface area contributed by atoms with Crippen LogP contribution in [0.5, 0.6) is 0 Å². The van der Waals surface area contributed by atoms with Gasteiger partial charge in [0.25, 0.3) is 5.91 Å². The molecular formula is C12H17N3O3. The summed E-state index contributed by atoms with van der Waals surface area (Å²) in [6.07, 6.45) is 5.61. The van der Waals surface area contributed by atoms with Crippen molar-refractivity contribution in [2.45, 2.75) is 25.3 Å². The van der Waals surface area contributed by atoms with Crippen LogP contribution in [0.25, 0.3) is 0 Å². The molecule has 0 saturated carbocycles. The van der Waals surface area contributed by atoms with Gasteiger partial charge in [0.05, 0.1) is 19.6 Å². The van der Waals surface area contributed by atoms with Crippen molar-refractivity contribution in [2.24, 2.45) is 7.05 Å². The van der Waals surface area contributed by atoms with Crippen LogP contribution in [0.1, 0.15) is 29.8 Å². The quantitative estimate of drug-likeness (QED) is 0.721. The van der Waals surface area contributed by atoms with Crippen LogP contribution in [-0.2, 0) is 16.6 Å². The van der Waals surface area contributed by atoms with Gasteiger partial charge >= 0.3 is 5.97 Å². The van der Waals surface area contributed by atoms with E-state index in [1.165, 1.54) is 13.3 Å². The molecule has 6 heteroatoms. The van der Waals surface area contributed by atoms with E-state index >= 15 is 0 Å². The minimum Gasteiger partial charge on any atom is -0.467 e. The lowest BCUT2D eigenvalue weighted by Gasteiger charge is -2.33. The molecule has 0 bridgehead atoms. The monoisotopic (exact) mass is 251 g/mol. The number of rotatable bonds is 2. The van der Waals surface area contributed by atoms with Gasteiger partial charge in [0.15, 0.2) is 0 Å². The molecule has 2 heterocycles. The molecule has 1 aliphatic rings. The van der Waals surface area contributed by atoms with Crippen LogP contribution in [-0.4, -0.2) is 46.0 Å². The number of ether oxygens (including phenoxy) is 1. The Labute approximate surface area is 106 Å². The fourth-order valence-corrected chi connectivity index (χ4v) is 2.27. The highest BCUT2D eigenvalue weighted by Crippen LogP contribution is 2.20. The number of aryl methyl sites for hydroxylation is 1. The van der Waals surface area contributed by atoms with Crippen LogP contribution < -0.4 is 0 Å². The number of carbonyl (C=O) groups excluding carboxylic acids is 2. The predicted molar refractivity (Wildman–Crippen MR) is 63.9 cm³/mol. The number of amides is 1. The van der Waals surface area contributed by atoms with Gasteiger partial charge in [0, 0.05) is 13.6 Å². The molecule has 1 atom stereocenters. The molecule has 1 amide bonds. The number of likely N-dealkylation sites (tertiary alicyclic amines) is 1. The standard InChI is InChI=1S/C12H17N3O3/c1-14-8-13-7-10(14)11(16)15-6-4-3-5-9(15)12(17)18-2/h7-9H,3-6H2,1-2H3/t9-/m1/s1. The second-order valence-electron chi connectivity index (χ2n) is 4.42. The molecule has 18 heavy (non-hydrogen) atoms. The summed E-state index contributed by atoms with van der Waals surface area (Å²) in [6, 6.07) is -0.467. The molecule has 0 unspecified atom stereocenters. The molecule has 1 aromatic rings. The number of hydrogen-bond acceptors (Lipinski definition) is 4. The Morgan fingerprint density at radius 2 is 2.22 bits per heavy atom. The van der Waals surface area contributed by atoms with E-state index in [1.54, 1.807) is 22.8 Å². The minimum atomic E-state index is -0.467. The Morgan fingerprint density at radius 1 is 1.44 bits per heavy atom. The number of esters is 1. The minimum absolute atomic E-state index is 0.162. The van der Waals surface area contributed by atoms with Gasteiger partial charge in [-0.25, -0.2) is 9.78 Å². The van der Waals surface area contributed by atoms with E-state index < -0.39 is 6.04 Å². The SMILES string of the molecule is COC(=O)[C@H]1CCCCN1C(=O)c1cncn1C. The number of hydrogen-bond donors (Lipinski definition) is 0. The predicted octanol–water partition coefficient (Wildman–Crippen LogP) is 0.588. The summed E-state index contributed by atoms with van der Waals surface area (Å²) in [5, 5.41) is 0. The van der Waals surface area contributed by atoms with Crippen molar-refractivity contribution in [1.82, 2.24) is 14.5 Å². The molecule has 6 nitrogen and oxygen atoms in total. The number of methoxy groups -OCH3 is 1. The third-order valence-electron chi connectivity index (χ3n) is 3.27. The zero-order valence-electron chi connectivity index (χ0n) is 10.6. The van der Waals surface area contributed by atoms with Gasteiger partial charge in [-0.05, 0) is 19.3 Å². The van der Waals surface area contributed by atoms with Crippen LogP contribution in [0.15, 0.2) is 12.5 Å². The first-order chi connectivity index (χ1) is 8.65. The molecule has 98 valence electrons. The summed E-state index contributed by atoms with van der Waals surface area (Å²) < 4.78 is 6.42. The van der Waals surface area contributed by atoms with Gasteiger partial charge in [0.1, 0.15) is 11.7 Å². The molecular weight excluding hydrogens is 234 g/mol. The van der Waals surface area contributed by atoms with Crippen molar-refractivity contribution < 1.29 is 14.3 Å². The van der Waals surface area contributed by atoms with Crippen molar-refractivity contribution in [2.75, 3.05) is 13.7 Å². The summed E-state index contributed by atoms with van der Waals surface area (Å²) in [7, 11) is 3.11. The average molecular weight is 251 g/mol. The zero-order chi connectivity index (χ0) is 13.1. The van der Waals surface area contributed by atoms with Gasteiger partial charge in [-0.15, -0.1) is 0 Å². The first-order valence-electron chi connectivity index (χ1n) is 6.00. The number of carbonyl (C=O) groups is 2. The number of aromatic nitrogens is 2. The maximum Gasteiger partial charge on any atom is 0.328 e. The Balaban J connectivity index is 2.21. The first kappa shape index (κ1) is 12.6. The molecule has 1 aromatic heterocycles. The highest BCUT2D eigenvalue weighted by atomic mass is 16.5. The van der Waals surface area contributed by atoms with Crippen LogP contribution >= 0.6 is 0 Å². The first-order valence-corrected chi connectivity index (χ1v) is 6.00. The molecule has 1 aliphatic heterocycles. The van der Waals surface area contributed by atoms with Crippen LogP contribution in [0, 0.1) is 0 Å². The normalized spacial score (nSPS) is 19.7. The van der Waals surface area contributed by atoms with Gasteiger partial charge in [-0.3, -0.25) is 4.79 Å². The Morgan fingerprint density at radius 3 is 2.83 bits per heavy atom. The molecule has 0 aromatic carbocycles. The molecule has 0 N–H and O–H groups in total. The second-order valence-corrected chi connectivity index (χ2v) is 4.42. The highest BCUT2D eigenvalue weighted by Gasteiger charge is 2.34. The van der Waals surface area contributed by atoms with Crippen LogP contribution in [0.3, 0.4) is 0 Å². The Hall–Kier alpha value is -1.85. The summed E-state index contributed by atoms with van der Waals surface area (Å²) >= 11 is 0. The van der Waals surface area contributed by atoms with Crippen LogP contribution in [0.2, 0.25) is 0 Å². The smallest absolute Gasteiger partial charge is 0.328 e. The van der Waals surface area contributed by atoms with Gasteiger partial charge in [-0.1, -0.05) is 0 Å². The molecule has 0 radical (unpaired) electrons. The largest absolute Gasteiger partial charge is 0.467 e.